The molecule has 5 aliphatic rings. The molecular weight excluding hydrogens is 344 g/mol. The molecular formula is C20H30N4OS. The molecule has 4 bridgehead atoms. The fraction of sp³-hybridized carbons (Fsp3) is 0.850. The lowest BCUT2D eigenvalue weighted by atomic mass is 9.48. The summed E-state index contributed by atoms with van der Waals surface area (Å²) in [4.78, 5) is 12.6. The highest BCUT2D eigenvalue weighted by molar-refractivity contribution is 7.99. The van der Waals surface area contributed by atoms with Gasteiger partial charge in [0.15, 0.2) is 5.16 Å². The van der Waals surface area contributed by atoms with Crippen LogP contribution in [0, 0.1) is 23.2 Å². The van der Waals surface area contributed by atoms with Crippen LogP contribution in [0.1, 0.15) is 70.0 Å². The summed E-state index contributed by atoms with van der Waals surface area (Å²) in [5, 5.41) is 12.8. The second-order valence-electron chi connectivity index (χ2n) is 9.53. The number of nitrogens with one attached hydrogen (secondary N) is 1. The number of carbonyl (C=O) groups excluding carboxylic acids is 1. The fourth-order valence-corrected chi connectivity index (χ4v) is 7.15. The standard InChI is InChI=1S/C20H30N4OS/c1-12(20-8-13-5-14(9-20)7-15(6-13)10-20)21-17(25)11-26-19-23-22-18(24(19)2)16-3-4-16/h12-16H,3-11H2,1-2H3,(H,21,25)/t12-,13?,14?,15?,20?/m0/s1. The summed E-state index contributed by atoms with van der Waals surface area (Å²) in [6, 6.07) is 0.297. The van der Waals surface area contributed by atoms with E-state index in [2.05, 4.69) is 27.0 Å². The molecule has 0 aromatic carbocycles. The SMILES string of the molecule is C[C@H](NC(=O)CSc1nnc(C2CC2)n1C)C12CC3CC(CC(C3)C1)C2. The second-order valence-corrected chi connectivity index (χ2v) is 10.5. The van der Waals surface area contributed by atoms with Gasteiger partial charge in [-0.2, -0.15) is 0 Å². The Bertz CT molecular complexity index is 675. The van der Waals surface area contributed by atoms with E-state index in [4.69, 9.17) is 0 Å². The first-order valence-electron chi connectivity index (χ1n) is 10.3. The Morgan fingerprint density at radius 1 is 1.19 bits per heavy atom. The van der Waals surface area contributed by atoms with Crippen LogP contribution in [0.15, 0.2) is 5.16 Å². The zero-order valence-corrected chi connectivity index (χ0v) is 16.7. The van der Waals surface area contributed by atoms with E-state index in [9.17, 15) is 4.79 Å². The van der Waals surface area contributed by atoms with Crippen molar-refractivity contribution in [3.63, 3.8) is 0 Å². The van der Waals surface area contributed by atoms with Crippen LogP contribution >= 0.6 is 11.8 Å². The Hall–Kier alpha value is -1.04. The predicted molar refractivity (Wildman–Crippen MR) is 102 cm³/mol. The molecule has 1 amide bonds. The third-order valence-electron chi connectivity index (χ3n) is 7.53. The lowest BCUT2D eigenvalue weighted by molar-refractivity contribution is -0.123. The molecule has 26 heavy (non-hydrogen) atoms. The molecule has 1 atom stereocenters. The number of rotatable bonds is 6. The maximum Gasteiger partial charge on any atom is 0.230 e. The van der Waals surface area contributed by atoms with Crippen LogP contribution in [-0.2, 0) is 11.8 Å². The van der Waals surface area contributed by atoms with E-state index < -0.39 is 0 Å². The minimum Gasteiger partial charge on any atom is -0.352 e. The van der Waals surface area contributed by atoms with Gasteiger partial charge in [-0.25, -0.2) is 0 Å². The Morgan fingerprint density at radius 3 is 2.38 bits per heavy atom. The number of amides is 1. The van der Waals surface area contributed by atoms with Crippen molar-refractivity contribution in [2.45, 2.75) is 75.4 Å². The molecule has 5 nitrogen and oxygen atoms in total. The average molecular weight is 375 g/mol. The number of thioether (sulfide) groups is 1. The number of hydrogen-bond acceptors (Lipinski definition) is 4. The summed E-state index contributed by atoms with van der Waals surface area (Å²) in [6.07, 6.45) is 10.8. The lowest BCUT2D eigenvalue weighted by Crippen LogP contribution is -2.56. The van der Waals surface area contributed by atoms with Gasteiger partial charge in [-0.05, 0) is 81.5 Å². The molecule has 1 aromatic heterocycles. The molecule has 5 aliphatic carbocycles. The van der Waals surface area contributed by atoms with Crippen molar-refractivity contribution in [3.05, 3.63) is 5.82 Å². The Balaban J connectivity index is 1.18. The van der Waals surface area contributed by atoms with Gasteiger partial charge >= 0.3 is 0 Å². The molecule has 1 heterocycles. The van der Waals surface area contributed by atoms with Crippen LogP contribution in [0.4, 0.5) is 0 Å². The Morgan fingerprint density at radius 2 is 1.81 bits per heavy atom. The van der Waals surface area contributed by atoms with Crippen LogP contribution in [0.5, 0.6) is 0 Å². The number of carbonyl (C=O) groups is 1. The van der Waals surface area contributed by atoms with E-state index in [1.807, 2.05) is 7.05 Å². The first kappa shape index (κ1) is 17.1. The molecule has 0 radical (unpaired) electrons. The van der Waals surface area contributed by atoms with Crippen molar-refractivity contribution in [1.82, 2.24) is 20.1 Å². The summed E-state index contributed by atoms with van der Waals surface area (Å²) in [7, 11) is 2.02. The molecule has 5 fully saturated rings. The summed E-state index contributed by atoms with van der Waals surface area (Å²) in [5.41, 5.74) is 0.374. The van der Waals surface area contributed by atoms with Crippen LogP contribution in [-0.4, -0.2) is 32.5 Å². The molecule has 5 saturated carbocycles. The third kappa shape index (κ3) is 2.98. The van der Waals surface area contributed by atoms with Gasteiger partial charge in [0.05, 0.1) is 5.75 Å². The summed E-state index contributed by atoms with van der Waals surface area (Å²) >= 11 is 1.52. The monoisotopic (exact) mass is 374 g/mol. The van der Waals surface area contributed by atoms with Crippen LogP contribution in [0.2, 0.25) is 0 Å². The first-order chi connectivity index (χ1) is 12.5. The summed E-state index contributed by atoms with van der Waals surface area (Å²) in [5.74, 6) is 5.03. The quantitative estimate of drug-likeness (QED) is 0.774. The van der Waals surface area contributed by atoms with Gasteiger partial charge in [0.2, 0.25) is 5.91 Å². The van der Waals surface area contributed by atoms with Gasteiger partial charge in [-0.1, -0.05) is 11.8 Å². The van der Waals surface area contributed by atoms with Crippen molar-refractivity contribution in [1.29, 1.82) is 0 Å². The van der Waals surface area contributed by atoms with Crippen LogP contribution in [0.25, 0.3) is 0 Å². The molecule has 0 aliphatic heterocycles. The first-order valence-corrected chi connectivity index (χ1v) is 11.3. The zero-order valence-electron chi connectivity index (χ0n) is 15.9. The van der Waals surface area contributed by atoms with Gasteiger partial charge in [0.1, 0.15) is 5.82 Å². The van der Waals surface area contributed by atoms with Crippen molar-refractivity contribution in [3.8, 4) is 0 Å². The zero-order chi connectivity index (χ0) is 17.9. The predicted octanol–water partition coefficient (Wildman–Crippen LogP) is 3.51. The summed E-state index contributed by atoms with van der Waals surface area (Å²) in [6.45, 7) is 2.25. The van der Waals surface area contributed by atoms with E-state index in [-0.39, 0.29) is 5.91 Å². The average Bonchev–Trinajstić information content (AvgIpc) is 3.35. The molecule has 6 heteroatoms. The number of aromatic nitrogens is 3. The molecule has 6 rings (SSSR count). The van der Waals surface area contributed by atoms with E-state index in [0.29, 0.717) is 23.1 Å². The molecule has 0 unspecified atom stereocenters. The van der Waals surface area contributed by atoms with Crippen molar-refractivity contribution in [2.24, 2.45) is 30.2 Å². The van der Waals surface area contributed by atoms with Crippen molar-refractivity contribution < 1.29 is 4.79 Å². The fourth-order valence-electron chi connectivity index (χ4n) is 6.42. The molecule has 142 valence electrons. The van der Waals surface area contributed by atoms with E-state index in [1.165, 1.54) is 63.1 Å². The Labute approximate surface area is 160 Å². The van der Waals surface area contributed by atoms with Gasteiger partial charge < -0.3 is 9.88 Å². The largest absolute Gasteiger partial charge is 0.352 e. The van der Waals surface area contributed by atoms with Crippen molar-refractivity contribution >= 4 is 17.7 Å². The van der Waals surface area contributed by atoms with Crippen molar-refractivity contribution in [2.75, 3.05) is 5.75 Å². The minimum absolute atomic E-state index is 0.147. The molecule has 0 spiro atoms. The lowest BCUT2D eigenvalue weighted by Gasteiger charge is -2.59. The minimum atomic E-state index is 0.147. The summed E-state index contributed by atoms with van der Waals surface area (Å²) < 4.78 is 2.07. The Kier molecular flexibility index (Phi) is 4.11. The maximum atomic E-state index is 12.6. The van der Waals surface area contributed by atoms with E-state index in [0.717, 1.165) is 28.7 Å². The van der Waals surface area contributed by atoms with Gasteiger partial charge in [0.25, 0.3) is 0 Å². The molecule has 0 saturated heterocycles. The second kappa shape index (κ2) is 6.25. The topological polar surface area (TPSA) is 59.8 Å². The van der Waals surface area contributed by atoms with Gasteiger partial charge in [0, 0.05) is 19.0 Å². The smallest absolute Gasteiger partial charge is 0.230 e. The highest BCUT2D eigenvalue weighted by Crippen LogP contribution is 2.61. The maximum absolute atomic E-state index is 12.6. The third-order valence-corrected chi connectivity index (χ3v) is 8.55. The van der Waals surface area contributed by atoms with Crippen LogP contribution < -0.4 is 5.32 Å². The normalized spacial score (nSPS) is 36.3. The number of hydrogen-bond donors (Lipinski definition) is 1. The molecule has 1 aromatic rings. The van der Waals surface area contributed by atoms with E-state index >= 15 is 0 Å². The van der Waals surface area contributed by atoms with Gasteiger partial charge in [-0.15, -0.1) is 10.2 Å². The highest BCUT2D eigenvalue weighted by atomic mass is 32.2. The van der Waals surface area contributed by atoms with Crippen LogP contribution in [0.3, 0.4) is 0 Å². The number of nitrogens with zero attached hydrogens (tertiary/aromatic N) is 3. The van der Waals surface area contributed by atoms with Gasteiger partial charge in [-0.3, -0.25) is 4.79 Å². The van der Waals surface area contributed by atoms with E-state index in [1.54, 1.807) is 0 Å². The highest BCUT2D eigenvalue weighted by Gasteiger charge is 2.53. The molecule has 1 N–H and O–H groups in total.